The molecule has 0 bridgehead atoms. The molecule has 0 aliphatic heterocycles. The van der Waals surface area contributed by atoms with E-state index in [2.05, 4.69) is 4.98 Å². The van der Waals surface area contributed by atoms with Gasteiger partial charge in [-0.2, -0.15) is 0 Å². The number of aryl methyl sites for hydroxylation is 2. The number of carbonyl (C=O) groups is 1. The quantitative estimate of drug-likeness (QED) is 0.643. The summed E-state index contributed by atoms with van der Waals surface area (Å²) in [6.07, 6.45) is 1.51. The Kier molecular flexibility index (Phi) is 1.89. The van der Waals surface area contributed by atoms with Crippen molar-refractivity contribution < 1.29 is 4.79 Å². The van der Waals surface area contributed by atoms with Crippen molar-refractivity contribution in [2.45, 2.75) is 13.8 Å². The van der Waals surface area contributed by atoms with Crippen LogP contribution in [0.1, 0.15) is 21.6 Å². The highest BCUT2D eigenvalue weighted by Gasteiger charge is 2.03. The van der Waals surface area contributed by atoms with E-state index in [9.17, 15) is 4.79 Å². The van der Waals surface area contributed by atoms with E-state index < -0.39 is 5.91 Å². The summed E-state index contributed by atoms with van der Waals surface area (Å²) in [5, 5.41) is 0. The van der Waals surface area contributed by atoms with Crippen LogP contribution in [0.15, 0.2) is 12.3 Å². The van der Waals surface area contributed by atoms with E-state index in [0.29, 0.717) is 5.56 Å². The van der Waals surface area contributed by atoms with Gasteiger partial charge in [-0.3, -0.25) is 9.78 Å². The summed E-state index contributed by atoms with van der Waals surface area (Å²) >= 11 is 0. The lowest BCUT2D eigenvalue weighted by molar-refractivity contribution is 0.0999. The first kappa shape index (κ1) is 7.72. The third-order valence-electron chi connectivity index (χ3n) is 1.51. The molecule has 0 saturated heterocycles. The lowest BCUT2D eigenvalue weighted by atomic mass is 10.1. The van der Waals surface area contributed by atoms with Gasteiger partial charge < -0.3 is 5.73 Å². The second-order valence-electron chi connectivity index (χ2n) is 2.50. The van der Waals surface area contributed by atoms with Gasteiger partial charge in [-0.25, -0.2) is 0 Å². The van der Waals surface area contributed by atoms with Gasteiger partial charge in [0.1, 0.15) is 0 Å². The number of primary amides is 1. The van der Waals surface area contributed by atoms with Crippen molar-refractivity contribution >= 4 is 5.91 Å². The molecular weight excluding hydrogens is 140 g/mol. The smallest absolute Gasteiger partial charge is 0.250 e. The summed E-state index contributed by atoms with van der Waals surface area (Å²) in [5.74, 6) is -0.421. The van der Waals surface area contributed by atoms with Gasteiger partial charge in [-0.1, -0.05) is 0 Å². The van der Waals surface area contributed by atoms with E-state index in [-0.39, 0.29) is 0 Å². The Morgan fingerprint density at radius 3 is 2.64 bits per heavy atom. The van der Waals surface area contributed by atoms with Gasteiger partial charge in [0.25, 0.3) is 5.91 Å². The Morgan fingerprint density at radius 2 is 2.18 bits per heavy atom. The van der Waals surface area contributed by atoms with Gasteiger partial charge in [0.15, 0.2) is 0 Å². The van der Waals surface area contributed by atoms with Crippen molar-refractivity contribution in [3.05, 3.63) is 29.1 Å². The minimum absolute atomic E-state index is 0.421. The van der Waals surface area contributed by atoms with Crippen LogP contribution >= 0.6 is 0 Å². The Labute approximate surface area is 65.2 Å². The molecule has 0 spiro atoms. The van der Waals surface area contributed by atoms with E-state index in [0.717, 1.165) is 11.3 Å². The van der Waals surface area contributed by atoms with Crippen LogP contribution in [-0.4, -0.2) is 10.9 Å². The fourth-order valence-electron chi connectivity index (χ4n) is 0.954. The van der Waals surface area contributed by atoms with E-state index in [1.54, 1.807) is 0 Å². The summed E-state index contributed by atoms with van der Waals surface area (Å²) in [6, 6.07) is 1.83. The molecule has 1 rings (SSSR count). The second-order valence-corrected chi connectivity index (χ2v) is 2.50. The van der Waals surface area contributed by atoms with Crippen molar-refractivity contribution in [3.63, 3.8) is 0 Å². The Balaban J connectivity index is 3.20. The van der Waals surface area contributed by atoms with Crippen LogP contribution in [0.5, 0.6) is 0 Å². The van der Waals surface area contributed by atoms with Crippen molar-refractivity contribution in [1.29, 1.82) is 0 Å². The molecule has 0 aliphatic carbocycles. The third-order valence-corrected chi connectivity index (χ3v) is 1.51. The Morgan fingerprint density at radius 1 is 1.55 bits per heavy atom. The SMILES string of the molecule is Cc1cc(C)c(C(N)=O)cn1. The van der Waals surface area contributed by atoms with Gasteiger partial charge >= 0.3 is 0 Å². The van der Waals surface area contributed by atoms with E-state index >= 15 is 0 Å². The molecule has 3 nitrogen and oxygen atoms in total. The predicted molar refractivity (Wildman–Crippen MR) is 42.2 cm³/mol. The molecule has 1 amide bonds. The van der Waals surface area contributed by atoms with Crippen LogP contribution in [0.25, 0.3) is 0 Å². The summed E-state index contributed by atoms with van der Waals surface area (Å²) in [5.41, 5.74) is 7.36. The first-order valence-electron chi connectivity index (χ1n) is 3.34. The molecule has 0 radical (unpaired) electrons. The molecule has 0 aromatic carbocycles. The lowest BCUT2D eigenvalue weighted by Crippen LogP contribution is -2.13. The van der Waals surface area contributed by atoms with E-state index in [1.807, 2.05) is 19.9 Å². The number of nitrogens with zero attached hydrogens (tertiary/aromatic N) is 1. The molecule has 58 valence electrons. The van der Waals surface area contributed by atoms with E-state index in [4.69, 9.17) is 5.73 Å². The van der Waals surface area contributed by atoms with Crippen molar-refractivity contribution in [3.8, 4) is 0 Å². The number of pyridine rings is 1. The molecule has 1 heterocycles. The minimum atomic E-state index is -0.421. The number of hydrogen-bond donors (Lipinski definition) is 1. The summed E-state index contributed by atoms with van der Waals surface area (Å²) in [7, 11) is 0. The van der Waals surface area contributed by atoms with Crippen LogP contribution in [0.3, 0.4) is 0 Å². The average Bonchev–Trinajstić information content (AvgIpc) is 1.85. The molecule has 0 aliphatic rings. The highest BCUT2D eigenvalue weighted by Crippen LogP contribution is 2.05. The zero-order valence-electron chi connectivity index (χ0n) is 6.59. The lowest BCUT2D eigenvalue weighted by Gasteiger charge is -2.00. The summed E-state index contributed by atoms with van der Waals surface area (Å²) < 4.78 is 0. The summed E-state index contributed by atoms with van der Waals surface area (Å²) in [6.45, 7) is 3.71. The van der Waals surface area contributed by atoms with Gasteiger partial charge in [-0.15, -0.1) is 0 Å². The van der Waals surface area contributed by atoms with Crippen molar-refractivity contribution in [1.82, 2.24) is 4.98 Å². The van der Waals surface area contributed by atoms with Crippen molar-refractivity contribution in [2.24, 2.45) is 5.73 Å². The maximum absolute atomic E-state index is 10.7. The number of nitrogens with two attached hydrogens (primary N) is 1. The Bertz CT molecular complexity index is 294. The number of hydrogen-bond acceptors (Lipinski definition) is 2. The minimum Gasteiger partial charge on any atom is -0.366 e. The van der Waals surface area contributed by atoms with Gasteiger partial charge in [0.05, 0.1) is 5.56 Å². The number of rotatable bonds is 1. The molecule has 0 atom stereocenters. The van der Waals surface area contributed by atoms with Crippen LogP contribution in [0.4, 0.5) is 0 Å². The molecule has 0 unspecified atom stereocenters. The molecule has 1 aromatic rings. The third kappa shape index (κ3) is 1.55. The number of amides is 1. The number of aromatic nitrogens is 1. The van der Waals surface area contributed by atoms with E-state index in [1.165, 1.54) is 6.20 Å². The molecule has 3 heteroatoms. The molecule has 11 heavy (non-hydrogen) atoms. The van der Waals surface area contributed by atoms with Gasteiger partial charge in [0, 0.05) is 11.9 Å². The molecule has 1 aromatic heterocycles. The zero-order valence-corrected chi connectivity index (χ0v) is 6.59. The first-order chi connectivity index (χ1) is 5.11. The molecular formula is C8H10N2O. The monoisotopic (exact) mass is 150 g/mol. The molecule has 2 N–H and O–H groups in total. The van der Waals surface area contributed by atoms with Crippen LogP contribution < -0.4 is 5.73 Å². The maximum atomic E-state index is 10.7. The first-order valence-corrected chi connectivity index (χ1v) is 3.34. The standard InChI is InChI=1S/C8H10N2O/c1-5-3-6(2)10-4-7(5)8(9)11/h3-4H,1-2H3,(H2,9,11). The van der Waals surface area contributed by atoms with Gasteiger partial charge in [0.2, 0.25) is 0 Å². The fraction of sp³-hybridized carbons (Fsp3) is 0.250. The Hall–Kier alpha value is -1.38. The normalized spacial score (nSPS) is 9.64. The summed E-state index contributed by atoms with van der Waals surface area (Å²) in [4.78, 5) is 14.7. The predicted octanol–water partition coefficient (Wildman–Crippen LogP) is 0.797. The van der Waals surface area contributed by atoms with Crippen LogP contribution in [0.2, 0.25) is 0 Å². The maximum Gasteiger partial charge on any atom is 0.250 e. The van der Waals surface area contributed by atoms with Crippen molar-refractivity contribution in [2.75, 3.05) is 0 Å². The molecule has 0 fully saturated rings. The largest absolute Gasteiger partial charge is 0.366 e. The van der Waals surface area contributed by atoms with Crippen LogP contribution in [-0.2, 0) is 0 Å². The van der Waals surface area contributed by atoms with Crippen LogP contribution in [0, 0.1) is 13.8 Å². The zero-order chi connectivity index (χ0) is 8.43. The molecule has 0 saturated carbocycles. The second kappa shape index (κ2) is 2.70. The highest BCUT2D eigenvalue weighted by molar-refractivity contribution is 5.93. The van der Waals surface area contributed by atoms with Gasteiger partial charge in [-0.05, 0) is 25.5 Å². The average molecular weight is 150 g/mol. The topological polar surface area (TPSA) is 56.0 Å². The number of carbonyl (C=O) groups excluding carboxylic acids is 1. The highest BCUT2D eigenvalue weighted by atomic mass is 16.1. The fourth-order valence-corrected chi connectivity index (χ4v) is 0.954.